The number of carbonyl (C=O) groups excluding carboxylic acids is 1. The van der Waals surface area contributed by atoms with E-state index in [1.54, 1.807) is 25.3 Å². The van der Waals surface area contributed by atoms with Crippen LogP contribution in [-0.4, -0.2) is 60.5 Å². The summed E-state index contributed by atoms with van der Waals surface area (Å²) >= 11 is 0. The normalized spacial score (nSPS) is 22.6. The first kappa shape index (κ1) is 13.1. The minimum Gasteiger partial charge on any atom is -0.377 e. The highest BCUT2D eigenvalue weighted by atomic mass is 16.5. The smallest absolute Gasteiger partial charge is 0.254 e. The van der Waals surface area contributed by atoms with Gasteiger partial charge >= 0.3 is 0 Å². The van der Waals surface area contributed by atoms with Crippen LogP contribution >= 0.6 is 0 Å². The van der Waals surface area contributed by atoms with Gasteiger partial charge in [-0.3, -0.25) is 9.89 Å². The van der Waals surface area contributed by atoms with Crippen LogP contribution < -0.4 is 0 Å². The zero-order valence-corrected chi connectivity index (χ0v) is 11.5. The second kappa shape index (κ2) is 5.22. The lowest BCUT2D eigenvalue weighted by Gasteiger charge is -2.15. The van der Waals surface area contributed by atoms with E-state index in [1.165, 1.54) is 0 Å². The summed E-state index contributed by atoms with van der Waals surface area (Å²) in [6.45, 7) is 1.10. The Morgan fingerprint density at radius 3 is 2.65 bits per heavy atom. The molecule has 2 atom stereocenters. The highest BCUT2D eigenvalue weighted by Gasteiger charge is 2.35. The molecule has 1 amide bonds. The third-order valence-electron chi connectivity index (χ3n) is 3.80. The average Bonchev–Trinajstić information content (AvgIpc) is 3.11. The molecule has 0 spiro atoms. The van der Waals surface area contributed by atoms with Gasteiger partial charge < -0.3 is 14.4 Å². The summed E-state index contributed by atoms with van der Waals surface area (Å²) in [5.74, 6) is -0.0110. The summed E-state index contributed by atoms with van der Waals surface area (Å²) in [7, 11) is 3.28. The monoisotopic (exact) mass is 275 g/mol. The van der Waals surface area contributed by atoms with Crippen LogP contribution in [0.15, 0.2) is 24.4 Å². The third-order valence-corrected chi connectivity index (χ3v) is 3.80. The van der Waals surface area contributed by atoms with E-state index < -0.39 is 0 Å². The predicted molar refractivity (Wildman–Crippen MR) is 73.6 cm³/mol. The second-order valence-corrected chi connectivity index (χ2v) is 4.93. The SMILES string of the molecule is COC1CN(C(=O)c2ccc3cn[nH]c3c2)CC1OC. The molecule has 2 heterocycles. The van der Waals surface area contributed by atoms with E-state index in [-0.39, 0.29) is 18.1 Å². The molecule has 6 nitrogen and oxygen atoms in total. The number of hydrogen-bond acceptors (Lipinski definition) is 4. The van der Waals surface area contributed by atoms with E-state index >= 15 is 0 Å². The zero-order chi connectivity index (χ0) is 14.1. The maximum atomic E-state index is 12.5. The summed E-state index contributed by atoms with van der Waals surface area (Å²) in [6.07, 6.45) is 1.60. The molecular formula is C14H17N3O3. The molecule has 0 aliphatic carbocycles. The third kappa shape index (κ3) is 2.17. The first-order chi connectivity index (χ1) is 9.72. The lowest BCUT2D eigenvalue weighted by atomic mass is 10.1. The van der Waals surface area contributed by atoms with Crippen molar-refractivity contribution in [1.29, 1.82) is 0 Å². The Kier molecular flexibility index (Phi) is 3.42. The molecular weight excluding hydrogens is 258 g/mol. The van der Waals surface area contributed by atoms with Crippen LogP contribution in [0.1, 0.15) is 10.4 Å². The Labute approximate surface area is 116 Å². The van der Waals surface area contributed by atoms with E-state index in [0.29, 0.717) is 18.7 Å². The first-order valence-electron chi connectivity index (χ1n) is 6.51. The van der Waals surface area contributed by atoms with Crippen LogP contribution in [0.4, 0.5) is 0 Å². The van der Waals surface area contributed by atoms with Crippen molar-refractivity contribution in [3.63, 3.8) is 0 Å². The van der Waals surface area contributed by atoms with Crippen molar-refractivity contribution in [1.82, 2.24) is 15.1 Å². The number of nitrogens with one attached hydrogen (secondary N) is 1. The van der Waals surface area contributed by atoms with Crippen molar-refractivity contribution >= 4 is 16.8 Å². The van der Waals surface area contributed by atoms with Crippen molar-refractivity contribution < 1.29 is 14.3 Å². The van der Waals surface area contributed by atoms with Gasteiger partial charge in [-0.1, -0.05) is 6.07 Å². The quantitative estimate of drug-likeness (QED) is 0.909. The van der Waals surface area contributed by atoms with Crippen LogP contribution in [0.5, 0.6) is 0 Å². The largest absolute Gasteiger partial charge is 0.377 e. The maximum Gasteiger partial charge on any atom is 0.254 e. The van der Waals surface area contributed by atoms with E-state index in [1.807, 2.05) is 18.2 Å². The van der Waals surface area contributed by atoms with Crippen molar-refractivity contribution in [2.24, 2.45) is 0 Å². The minimum atomic E-state index is -0.0696. The molecule has 20 heavy (non-hydrogen) atoms. The molecule has 3 rings (SSSR count). The Balaban J connectivity index is 1.82. The van der Waals surface area contributed by atoms with Gasteiger partial charge in [-0.25, -0.2) is 0 Å². The molecule has 1 aromatic carbocycles. The molecule has 6 heteroatoms. The van der Waals surface area contributed by atoms with Crippen LogP contribution in [0.3, 0.4) is 0 Å². The number of aromatic nitrogens is 2. The van der Waals surface area contributed by atoms with Gasteiger partial charge in [0.1, 0.15) is 12.2 Å². The van der Waals surface area contributed by atoms with Crippen LogP contribution in [-0.2, 0) is 9.47 Å². The number of aromatic amines is 1. The summed E-state index contributed by atoms with van der Waals surface area (Å²) in [5, 5.41) is 7.83. The van der Waals surface area contributed by atoms with Gasteiger partial charge in [-0.2, -0.15) is 5.10 Å². The van der Waals surface area contributed by atoms with E-state index in [4.69, 9.17) is 9.47 Å². The lowest BCUT2D eigenvalue weighted by Crippen LogP contribution is -2.30. The average molecular weight is 275 g/mol. The number of carbonyl (C=O) groups is 1. The highest BCUT2D eigenvalue weighted by molar-refractivity contribution is 5.97. The van der Waals surface area contributed by atoms with Crippen molar-refractivity contribution in [2.75, 3.05) is 27.3 Å². The summed E-state index contributed by atoms with van der Waals surface area (Å²) in [5.41, 5.74) is 1.51. The van der Waals surface area contributed by atoms with Gasteiger partial charge in [0.2, 0.25) is 0 Å². The second-order valence-electron chi connectivity index (χ2n) is 4.93. The number of nitrogens with zero attached hydrogens (tertiary/aromatic N) is 2. The van der Waals surface area contributed by atoms with E-state index in [0.717, 1.165) is 10.9 Å². The van der Waals surface area contributed by atoms with Crippen LogP contribution in [0, 0.1) is 0 Å². The number of rotatable bonds is 3. The van der Waals surface area contributed by atoms with Crippen molar-refractivity contribution in [3.05, 3.63) is 30.0 Å². The Hall–Kier alpha value is -1.92. The molecule has 2 unspecified atom stereocenters. The van der Waals surface area contributed by atoms with Gasteiger partial charge in [-0.05, 0) is 12.1 Å². The number of ether oxygens (including phenoxy) is 2. The Morgan fingerprint density at radius 1 is 1.30 bits per heavy atom. The van der Waals surface area contributed by atoms with Gasteiger partial charge in [0.25, 0.3) is 5.91 Å². The van der Waals surface area contributed by atoms with Crippen molar-refractivity contribution in [3.8, 4) is 0 Å². The van der Waals surface area contributed by atoms with Gasteiger partial charge in [0.15, 0.2) is 0 Å². The molecule has 1 fully saturated rings. The number of fused-ring (bicyclic) bond motifs is 1. The fourth-order valence-electron chi connectivity index (χ4n) is 2.62. The first-order valence-corrected chi connectivity index (χ1v) is 6.51. The molecule has 0 saturated carbocycles. The van der Waals surface area contributed by atoms with E-state index in [2.05, 4.69) is 10.2 Å². The minimum absolute atomic E-state index is 0.0110. The van der Waals surface area contributed by atoms with Gasteiger partial charge in [0, 0.05) is 38.3 Å². The number of hydrogen-bond donors (Lipinski definition) is 1. The number of H-pyrrole nitrogens is 1. The van der Waals surface area contributed by atoms with Crippen LogP contribution in [0.2, 0.25) is 0 Å². The molecule has 1 aliphatic rings. The lowest BCUT2D eigenvalue weighted by molar-refractivity contribution is -0.00461. The van der Waals surface area contributed by atoms with E-state index in [9.17, 15) is 4.79 Å². The molecule has 1 N–H and O–H groups in total. The maximum absolute atomic E-state index is 12.5. The van der Waals surface area contributed by atoms with Crippen molar-refractivity contribution in [2.45, 2.75) is 12.2 Å². The molecule has 0 bridgehead atoms. The number of likely N-dealkylation sites (tertiary alicyclic amines) is 1. The summed E-state index contributed by atoms with van der Waals surface area (Å²) < 4.78 is 10.7. The molecule has 106 valence electrons. The zero-order valence-electron chi connectivity index (χ0n) is 11.5. The Morgan fingerprint density at radius 2 is 2.00 bits per heavy atom. The number of methoxy groups -OCH3 is 2. The topological polar surface area (TPSA) is 67.5 Å². The van der Waals surface area contributed by atoms with Crippen LogP contribution in [0.25, 0.3) is 10.9 Å². The Bertz CT molecular complexity index is 613. The summed E-state index contributed by atoms with van der Waals surface area (Å²) in [4.78, 5) is 14.3. The number of benzene rings is 1. The fourth-order valence-corrected chi connectivity index (χ4v) is 2.62. The molecule has 0 radical (unpaired) electrons. The number of amides is 1. The molecule has 2 aromatic rings. The van der Waals surface area contributed by atoms with Gasteiger partial charge in [0.05, 0.1) is 11.7 Å². The fraction of sp³-hybridized carbons (Fsp3) is 0.429. The standard InChI is InChI=1S/C14H17N3O3/c1-19-12-7-17(8-13(12)20-2)14(18)9-3-4-10-6-15-16-11(10)5-9/h3-6,12-13H,7-8H2,1-2H3,(H,15,16). The highest BCUT2D eigenvalue weighted by Crippen LogP contribution is 2.20. The molecule has 1 saturated heterocycles. The summed E-state index contributed by atoms with van der Waals surface area (Å²) in [6, 6.07) is 5.54. The predicted octanol–water partition coefficient (Wildman–Crippen LogP) is 1.05. The van der Waals surface area contributed by atoms with Gasteiger partial charge in [-0.15, -0.1) is 0 Å². The molecule has 1 aromatic heterocycles. The molecule has 1 aliphatic heterocycles.